The molecule has 66 valence electrons. The molecule has 0 aliphatic heterocycles. The lowest BCUT2D eigenvalue weighted by Crippen LogP contribution is -2.07. The summed E-state index contributed by atoms with van der Waals surface area (Å²) >= 11 is 0. The van der Waals surface area contributed by atoms with E-state index >= 15 is 0 Å². The Balaban J connectivity index is 3.98. The molecule has 0 N–H and O–H groups in total. The number of rotatable bonds is 4. The minimum atomic E-state index is -0.706. The van der Waals surface area contributed by atoms with Crippen molar-refractivity contribution in [2.75, 3.05) is 6.61 Å². The lowest BCUT2D eigenvalue weighted by molar-refractivity contribution is -0.137. The van der Waals surface area contributed by atoms with E-state index in [1.807, 2.05) is 0 Å². The number of hydrogen-bond donors (Lipinski definition) is 0. The molecular formula is C8H10O4. The van der Waals surface area contributed by atoms with Gasteiger partial charge in [0, 0.05) is 13.0 Å². The molecule has 0 rings (SSSR count). The molecule has 0 aromatic carbocycles. The molecule has 0 amide bonds. The molecule has 0 spiro atoms. The van der Waals surface area contributed by atoms with Crippen molar-refractivity contribution in [3.63, 3.8) is 0 Å². The van der Waals surface area contributed by atoms with E-state index < -0.39 is 17.5 Å². The molecule has 0 bridgehead atoms. The topological polar surface area (TPSA) is 60.4 Å². The normalized spacial score (nSPS) is 9.83. The Morgan fingerprint density at radius 1 is 1.25 bits per heavy atom. The van der Waals surface area contributed by atoms with Crippen molar-refractivity contribution in [3.8, 4) is 0 Å². The van der Waals surface area contributed by atoms with Crippen LogP contribution in [0, 0.1) is 0 Å². The van der Waals surface area contributed by atoms with E-state index in [1.54, 1.807) is 6.92 Å². The van der Waals surface area contributed by atoms with Crippen LogP contribution < -0.4 is 0 Å². The van der Waals surface area contributed by atoms with Gasteiger partial charge in [-0.15, -0.1) is 0 Å². The van der Waals surface area contributed by atoms with Crippen molar-refractivity contribution in [2.24, 2.45) is 0 Å². The molecule has 0 saturated carbocycles. The second kappa shape index (κ2) is 5.23. The smallest absolute Gasteiger partial charge is 0.330 e. The third-order valence-electron chi connectivity index (χ3n) is 1.00. The van der Waals surface area contributed by atoms with Crippen LogP contribution in [0.15, 0.2) is 12.2 Å². The van der Waals surface area contributed by atoms with Gasteiger partial charge in [-0.1, -0.05) is 0 Å². The molecule has 4 heteroatoms. The van der Waals surface area contributed by atoms with E-state index in [0.717, 1.165) is 19.1 Å². The predicted octanol–water partition coefficient (Wildman–Crippen LogP) is 0.264. The Morgan fingerprint density at radius 3 is 2.25 bits per heavy atom. The van der Waals surface area contributed by atoms with Gasteiger partial charge in [0.1, 0.15) is 0 Å². The number of esters is 1. The summed E-state index contributed by atoms with van der Waals surface area (Å²) in [5.41, 5.74) is 0. The van der Waals surface area contributed by atoms with Gasteiger partial charge in [0.2, 0.25) is 5.78 Å². The summed E-state index contributed by atoms with van der Waals surface area (Å²) in [6, 6.07) is 0. The lowest BCUT2D eigenvalue weighted by atomic mass is 10.3. The number of carbonyl (C=O) groups is 3. The zero-order valence-electron chi connectivity index (χ0n) is 6.99. The van der Waals surface area contributed by atoms with E-state index in [1.165, 1.54) is 0 Å². The van der Waals surface area contributed by atoms with Gasteiger partial charge in [-0.25, -0.2) is 4.79 Å². The minimum Gasteiger partial charge on any atom is -0.463 e. The van der Waals surface area contributed by atoms with Crippen molar-refractivity contribution < 1.29 is 19.1 Å². The Labute approximate surface area is 70.2 Å². The highest BCUT2D eigenvalue weighted by atomic mass is 16.5. The van der Waals surface area contributed by atoms with Gasteiger partial charge in [-0.05, 0) is 13.0 Å². The third-order valence-corrected chi connectivity index (χ3v) is 1.00. The molecule has 0 aromatic rings. The highest BCUT2D eigenvalue weighted by Crippen LogP contribution is 1.83. The number of ether oxygens (including phenoxy) is 1. The van der Waals surface area contributed by atoms with Gasteiger partial charge in [0.15, 0.2) is 5.78 Å². The minimum absolute atomic E-state index is 0.247. The first-order valence-corrected chi connectivity index (χ1v) is 3.47. The molecule has 0 fully saturated rings. The number of Topliss-reactive ketones (excluding diaryl/α,β-unsaturated/α-hetero) is 1. The summed E-state index contributed by atoms with van der Waals surface area (Å²) in [7, 11) is 0. The zero-order valence-corrected chi connectivity index (χ0v) is 6.99. The first-order valence-electron chi connectivity index (χ1n) is 3.47. The highest BCUT2D eigenvalue weighted by Gasteiger charge is 2.03. The van der Waals surface area contributed by atoms with E-state index in [-0.39, 0.29) is 6.61 Å². The summed E-state index contributed by atoms with van der Waals surface area (Å²) < 4.78 is 4.48. The van der Waals surface area contributed by atoms with Crippen molar-refractivity contribution in [1.82, 2.24) is 0 Å². The Kier molecular flexibility index (Phi) is 4.60. The summed E-state index contributed by atoms with van der Waals surface area (Å²) in [5, 5.41) is 0. The fraction of sp³-hybridized carbons (Fsp3) is 0.375. The summed E-state index contributed by atoms with van der Waals surface area (Å²) in [5.74, 6) is -1.93. The first-order chi connectivity index (χ1) is 5.57. The average molecular weight is 170 g/mol. The maximum Gasteiger partial charge on any atom is 0.330 e. The Morgan fingerprint density at radius 2 is 1.83 bits per heavy atom. The second-order valence-corrected chi connectivity index (χ2v) is 2.01. The van der Waals surface area contributed by atoms with Crippen LogP contribution in [0.2, 0.25) is 0 Å². The average Bonchev–Trinajstić information content (AvgIpc) is 2.00. The van der Waals surface area contributed by atoms with Crippen LogP contribution in [0.4, 0.5) is 0 Å². The van der Waals surface area contributed by atoms with Crippen molar-refractivity contribution in [1.29, 1.82) is 0 Å². The molecule has 0 heterocycles. The summed E-state index contributed by atoms with van der Waals surface area (Å²) in [4.78, 5) is 31.6. The van der Waals surface area contributed by atoms with E-state index in [9.17, 15) is 14.4 Å². The van der Waals surface area contributed by atoms with Gasteiger partial charge < -0.3 is 4.74 Å². The van der Waals surface area contributed by atoms with Crippen molar-refractivity contribution in [3.05, 3.63) is 12.2 Å². The number of carbonyl (C=O) groups excluding carboxylic acids is 3. The van der Waals surface area contributed by atoms with Crippen LogP contribution in [-0.2, 0) is 19.1 Å². The maximum absolute atomic E-state index is 10.6. The second-order valence-electron chi connectivity index (χ2n) is 2.01. The number of hydrogen-bond acceptors (Lipinski definition) is 4. The van der Waals surface area contributed by atoms with Crippen LogP contribution in [0.1, 0.15) is 13.8 Å². The van der Waals surface area contributed by atoms with E-state index in [4.69, 9.17) is 0 Å². The molecule has 0 radical (unpaired) electrons. The molecule has 12 heavy (non-hydrogen) atoms. The molecule has 0 aromatic heterocycles. The van der Waals surface area contributed by atoms with Crippen LogP contribution >= 0.6 is 0 Å². The predicted molar refractivity (Wildman–Crippen MR) is 41.5 cm³/mol. The first kappa shape index (κ1) is 10.6. The zero-order chi connectivity index (χ0) is 9.56. The van der Waals surface area contributed by atoms with E-state index in [2.05, 4.69) is 4.74 Å². The fourth-order valence-corrected chi connectivity index (χ4v) is 0.451. The standard InChI is InChI=1S/C8H10O4/c1-3-12-8(11)5-4-7(10)6(2)9/h4-5H,3H2,1-2H3/b5-4+. The summed E-state index contributed by atoms with van der Waals surface area (Å²) in [6.45, 7) is 3.04. The molecule has 4 nitrogen and oxygen atoms in total. The van der Waals surface area contributed by atoms with Crippen LogP contribution in [0.5, 0.6) is 0 Å². The molecule has 0 unspecified atom stereocenters. The quantitative estimate of drug-likeness (QED) is 0.345. The van der Waals surface area contributed by atoms with Gasteiger partial charge in [-0.2, -0.15) is 0 Å². The van der Waals surface area contributed by atoms with Gasteiger partial charge >= 0.3 is 5.97 Å². The molecule has 0 aliphatic rings. The van der Waals surface area contributed by atoms with Crippen LogP contribution in [0.25, 0.3) is 0 Å². The Bertz CT molecular complexity index is 227. The number of allylic oxidation sites excluding steroid dienone is 1. The lowest BCUT2D eigenvalue weighted by Gasteiger charge is -1.92. The monoisotopic (exact) mass is 170 g/mol. The van der Waals surface area contributed by atoms with Crippen molar-refractivity contribution in [2.45, 2.75) is 13.8 Å². The Hall–Kier alpha value is -1.45. The highest BCUT2D eigenvalue weighted by molar-refractivity contribution is 6.41. The molecule has 0 aliphatic carbocycles. The van der Waals surface area contributed by atoms with Crippen molar-refractivity contribution >= 4 is 17.5 Å². The number of ketones is 2. The SMILES string of the molecule is CCOC(=O)/C=C/C(=O)C(C)=O. The molecular weight excluding hydrogens is 160 g/mol. The maximum atomic E-state index is 10.6. The molecule has 0 atom stereocenters. The van der Waals surface area contributed by atoms with Gasteiger partial charge in [-0.3, -0.25) is 9.59 Å². The molecule has 0 saturated heterocycles. The largest absolute Gasteiger partial charge is 0.463 e. The van der Waals surface area contributed by atoms with Gasteiger partial charge in [0.05, 0.1) is 6.61 Å². The van der Waals surface area contributed by atoms with Crippen LogP contribution in [-0.4, -0.2) is 24.1 Å². The van der Waals surface area contributed by atoms with E-state index in [0.29, 0.717) is 0 Å². The van der Waals surface area contributed by atoms with Gasteiger partial charge in [0.25, 0.3) is 0 Å². The van der Waals surface area contributed by atoms with Crippen LogP contribution in [0.3, 0.4) is 0 Å². The third kappa shape index (κ3) is 4.38. The fourth-order valence-electron chi connectivity index (χ4n) is 0.451. The summed E-state index contributed by atoms with van der Waals surface area (Å²) in [6.07, 6.45) is 1.84.